The third-order valence-corrected chi connectivity index (χ3v) is 3.51. The lowest BCUT2D eigenvalue weighted by molar-refractivity contribution is -0.0510. The fourth-order valence-corrected chi connectivity index (χ4v) is 2.47. The van der Waals surface area contributed by atoms with Crippen LogP contribution in [0.15, 0.2) is 12.5 Å². The summed E-state index contributed by atoms with van der Waals surface area (Å²) in [6.45, 7) is -0.464. The van der Waals surface area contributed by atoms with Gasteiger partial charge in [0.25, 0.3) is 0 Å². The lowest BCUT2D eigenvalue weighted by Crippen LogP contribution is -2.33. The molecule has 114 valence electrons. The van der Waals surface area contributed by atoms with Gasteiger partial charge in [0, 0.05) is 6.20 Å². The third kappa shape index (κ3) is 2.05. The predicted octanol–water partition coefficient (Wildman–Crippen LogP) is -0.810. The van der Waals surface area contributed by atoms with Crippen LogP contribution < -0.4 is 4.74 Å². The van der Waals surface area contributed by atoms with E-state index in [1.165, 1.54) is 18.0 Å². The number of aromatic nitrogens is 3. The van der Waals surface area contributed by atoms with E-state index in [9.17, 15) is 14.6 Å². The lowest BCUT2D eigenvalue weighted by Gasteiger charge is -2.17. The van der Waals surface area contributed by atoms with E-state index in [2.05, 4.69) is 9.97 Å². The first-order valence-corrected chi connectivity index (χ1v) is 6.26. The highest BCUT2D eigenvalue weighted by molar-refractivity contribution is 5.82. The van der Waals surface area contributed by atoms with Gasteiger partial charge in [-0.2, -0.15) is 0 Å². The number of ether oxygens (including phenoxy) is 2. The summed E-state index contributed by atoms with van der Waals surface area (Å²) >= 11 is 0. The number of aliphatic hydroxyl groups excluding tert-OH is 3. The van der Waals surface area contributed by atoms with Crippen LogP contribution in [-0.2, 0) is 4.74 Å². The number of hydrogen-bond acceptors (Lipinski definition) is 7. The molecule has 4 atom stereocenters. The Balaban J connectivity index is 2.10. The van der Waals surface area contributed by atoms with Crippen LogP contribution in [0.4, 0.5) is 4.39 Å². The minimum absolute atomic E-state index is 0.0535. The van der Waals surface area contributed by atoms with Crippen molar-refractivity contribution >= 4 is 11.0 Å². The highest BCUT2D eigenvalue weighted by Crippen LogP contribution is 2.34. The van der Waals surface area contributed by atoms with E-state index in [0.717, 1.165) is 6.20 Å². The zero-order valence-corrected chi connectivity index (χ0v) is 11.0. The van der Waals surface area contributed by atoms with Crippen LogP contribution in [0.25, 0.3) is 11.0 Å². The topological polar surface area (TPSA) is 110 Å². The van der Waals surface area contributed by atoms with E-state index in [4.69, 9.17) is 14.6 Å². The molecule has 1 aliphatic heterocycles. The Hall–Kier alpha value is -1.81. The average Bonchev–Trinajstić information content (AvgIpc) is 2.98. The van der Waals surface area contributed by atoms with Gasteiger partial charge in [-0.05, 0) is 0 Å². The van der Waals surface area contributed by atoms with Crippen LogP contribution in [-0.4, -0.2) is 61.9 Å². The van der Waals surface area contributed by atoms with Gasteiger partial charge in [-0.1, -0.05) is 0 Å². The second-order valence-electron chi connectivity index (χ2n) is 4.69. The zero-order valence-electron chi connectivity index (χ0n) is 11.0. The van der Waals surface area contributed by atoms with Gasteiger partial charge in [-0.15, -0.1) is 0 Å². The molecule has 0 bridgehead atoms. The number of methoxy groups -OCH3 is 1. The molecule has 0 aromatic carbocycles. The van der Waals surface area contributed by atoms with Crippen molar-refractivity contribution in [2.75, 3.05) is 13.7 Å². The molecule has 8 nitrogen and oxygen atoms in total. The summed E-state index contributed by atoms with van der Waals surface area (Å²) in [6, 6.07) is 0. The van der Waals surface area contributed by atoms with E-state index in [1.54, 1.807) is 0 Å². The van der Waals surface area contributed by atoms with E-state index >= 15 is 0 Å². The first-order valence-electron chi connectivity index (χ1n) is 6.26. The third-order valence-electron chi connectivity index (χ3n) is 3.51. The van der Waals surface area contributed by atoms with Crippen LogP contribution in [0, 0.1) is 5.82 Å². The molecule has 9 heteroatoms. The number of fused-ring (bicyclic) bond motifs is 1. The molecule has 0 amide bonds. The minimum atomic E-state index is -1.32. The van der Waals surface area contributed by atoms with E-state index in [-0.39, 0.29) is 16.9 Å². The van der Waals surface area contributed by atoms with Gasteiger partial charge < -0.3 is 29.4 Å². The predicted molar refractivity (Wildman–Crippen MR) is 67.0 cm³/mol. The standard InChI is InChI=1S/C12H14FN3O5/c1-20-11-7-5(13)2-16(10(7)14-4-15-11)12-9(19)8(18)6(3-17)21-12/h2,4,6,8-9,12,17-19H,3H2,1H3/t6-,8?,9+,12-/m1/s1. The maximum absolute atomic E-state index is 14.1. The fraction of sp³-hybridized carbons (Fsp3) is 0.500. The van der Waals surface area contributed by atoms with Crippen molar-refractivity contribution in [2.45, 2.75) is 24.5 Å². The van der Waals surface area contributed by atoms with E-state index in [0.29, 0.717) is 0 Å². The quantitative estimate of drug-likeness (QED) is 0.680. The normalized spacial score (nSPS) is 29.2. The Morgan fingerprint density at radius 2 is 2.14 bits per heavy atom. The Morgan fingerprint density at radius 3 is 2.76 bits per heavy atom. The molecule has 2 aromatic rings. The summed E-state index contributed by atoms with van der Waals surface area (Å²) < 4.78 is 25.7. The highest BCUT2D eigenvalue weighted by Gasteiger charge is 2.44. The minimum Gasteiger partial charge on any atom is -0.480 e. The maximum Gasteiger partial charge on any atom is 0.228 e. The molecular formula is C12H14FN3O5. The molecule has 1 aliphatic rings. The molecule has 3 rings (SSSR count). The second-order valence-corrected chi connectivity index (χ2v) is 4.69. The van der Waals surface area contributed by atoms with Crippen molar-refractivity contribution in [2.24, 2.45) is 0 Å². The van der Waals surface area contributed by atoms with Crippen molar-refractivity contribution in [1.82, 2.24) is 14.5 Å². The van der Waals surface area contributed by atoms with E-state index < -0.39 is 37.0 Å². The largest absolute Gasteiger partial charge is 0.480 e. The molecule has 2 aromatic heterocycles. The Labute approximate surface area is 118 Å². The monoisotopic (exact) mass is 299 g/mol. The van der Waals surface area contributed by atoms with Crippen molar-refractivity contribution in [3.05, 3.63) is 18.3 Å². The molecule has 1 saturated heterocycles. The summed E-state index contributed by atoms with van der Waals surface area (Å²) in [5, 5.41) is 28.9. The van der Waals surface area contributed by atoms with Crippen molar-refractivity contribution < 1.29 is 29.2 Å². The molecule has 3 heterocycles. The fourth-order valence-electron chi connectivity index (χ4n) is 2.47. The van der Waals surface area contributed by atoms with Crippen molar-refractivity contribution in [3.8, 4) is 5.88 Å². The van der Waals surface area contributed by atoms with Gasteiger partial charge in [-0.25, -0.2) is 14.4 Å². The maximum atomic E-state index is 14.1. The van der Waals surface area contributed by atoms with Gasteiger partial charge in [0.2, 0.25) is 5.88 Å². The second kappa shape index (κ2) is 5.19. The van der Waals surface area contributed by atoms with Crippen LogP contribution in [0.3, 0.4) is 0 Å². The van der Waals surface area contributed by atoms with Gasteiger partial charge in [-0.3, -0.25) is 0 Å². The zero-order chi connectivity index (χ0) is 15.1. The molecule has 0 spiro atoms. The summed E-state index contributed by atoms with van der Waals surface area (Å²) in [7, 11) is 1.35. The van der Waals surface area contributed by atoms with Gasteiger partial charge in [0.05, 0.1) is 13.7 Å². The molecular weight excluding hydrogens is 285 g/mol. The SMILES string of the molecule is COc1ncnc2c1c(F)cn2[C@@H]1O[C@H](CO)C(O)[C@@H]1O. The molecule has 1 unspecified atom stereocenters. The summed E-state index contributed by atoms with van der Waals surface area (Å²) in [5.74, 6) is -0.580. The van der Waals surface area contributed by atoms with Gasteiger partial charge in [0.15, 0.2) is 17.7 Å². The Morgan fingerprint density at radius 1 is 1.38 bits per heavy atom. The molecule has 21 heavy (non-hydrogen) atoms. The van der Waals surface area contributed by atoms with Crippen LogP contribution in [0.5, 0.6) is 5.88 Å². The number of halogens is 1. The lowest BCUT2D eigenvalue weighted by atomic mass is 10.1. The van der Waals surface area contributed by atoms with Crippen molar-refractivity contribution in [1.29, 1.82) is 0 Å². The summed E-state index contributed by atoms with van der Waals surface area (Å²) in [6.07, 6.45) is -2.33. The molecule has 0 aliphatic carbocycles. The van der Waals surface area contributed by atoms with Crippen molar-refractivity contribution in [3.63, 3.8) is 0 Å². The first kappa shape index (κ1) is 14.1. The molecule has 3 N–H and O–H groups in total. The van der Waals surface area contributed by atoms with Gasteiger partial charge in [0.1, 0.15) is 30.0 Å². The van der Waals surface area contributed by atoms with E-state index in [1.807, 2.05) is 0 Å². The summed E-state index contributed by atoms with van der Waals surface area (Å²) in [4.78, 5) is 7.77. The molecule has 0 saturated carbocycles. The van der Waals surface area contributed by atoms with Crippen LogP contribution in [0.2, 0.25) is 0 Å². The molecule has 0 radical (unpaired) electrons. The Bertz CT molecular complexity index is 664. The first-order chi connectivity index (χ1) is 10.1. The molecule has 1 fully saturated rings. The van der Waals surface area contributed by atoms with Crippen LogP contribution in [0.1, 0.15) is 6.23 Å². The smallest absolute Gasteiger partial charge is 0.228 e. The van der Waals surface area contributed by atoms with Crippen LogP contribution >= 0.6 is 0 Å². The number of hydrogen-bond donors (Lipinski definition) is 3. The summed E-state index contributed by atoms with van der Waals surface area (Å²) in [5.41, 5.74) is 0.161. The average molecular weight is 299 g/mol. The highest BCUT2D eigenvalue weighted by atomic mass is 19.1. The number of aliphatic hydroxyl groups is 3. The van der Waals surface area contributed by atoms with Gasteiger partial charge >= 0.3 is 0 Å². The number of nitrogens with zero attached hydrogens (tertiary/aromatic N) is 3. The Kier molecular flexibility index (Phi) is 3.49. The number of rotatable bonds is 3.